The lowest BCUT2D eigenvalue weighted by Crippen LogP contribution is -1.93. The molecule has 2 heteroatoms. The van der Waals surface area contributed by atoms with E-state index in [1.165, 1.54) is 99.2 Å². The van der Waals surface area contributed by atoms with Gasteiger partial charge in [-0.1, -0.05) is 243 Å². The van der Waals surface area contributed by atoms with Crippen LogP contribution in [-0.4, -0.2) is 9.13 Å². The minimum atomic E-state index is 1.16. The van der Waals surface area contributed by atoms with Gasteiger partial charge in [-0.3, -0.25) is 0 Å². The minimum Gasteiger partial charge on any atom is -0.309 e. The molecule has 0 saturated carbocycles. The van der Waals surface area contributed by atoms with Gasteiger partial charge in [0.25, 0.3) is 0 Å². The first-order valence-electron chi connectivity index (χ1n) is 24.0. The topological polar surface area (TPSA) is 9.86 Å². The van der Waals surface area contributed by atoms with Gasteiger partial charge in [0.1, 0.15) is 0 Å². The van der Waals surface area contributed by atoms with E-state index >= 15 is 0 Å². The second-order valence-electron chi connectivity index (χ2n) is 17.8. The lowest BCUT2D eigenvalue weighted by molar-refractivity contribution is 1.18. The number of aromatic nitrogens is 2. The Morgan fingerprint density at radius 2 is 0.371 bits per heavy atom. The van der Waals surface area contributed by atoms with Gasteiger partial charge < -0.3 is 9.13 Å². The molecule has 0 N–H and O–H groups in total. The Bertz CT molecular complexity index is 3540. The molecule has 10 aromatic carbocycles. The van der Waals surface area contributed by atoms with Crippen molar-refractivity contribution in [2.45, 2.75) is 0 Å². The van der Waals surface area contributed by atoms with E-state index in [9.17, 15) is 0 Å². The summed E-state index contributed by atoms with van der Waals surface area (Å²) in [5, 5.41) is 5.11. The summed E-state index contributed by atoms with van der Waals surface area (Å²) in [6.45, 7) is 0. The Morgan fingerprint density at radius 3 is 0.600 bits per heavy atom. The van der Waals surface area contributed by atoms with Gasteiger partial charge in [0, 0.05) is 32.9 Å². The van der Waals surface area contributed by atoms with Gasteiger partial charge in [0.05, 0.1) is 22.1 Å². The Hall–Kier alpha value is -9.24. The van der Waals surface area contributed by atoms with Crippen molar-refractivity contribution in [1.29, 1.82) is 0 Å². The van der Waals surface area contributed by atoms with Crippen molar-refractivity contribution in [2.75, 3.05) is 0 Å². The first-order valence-corrected chi connectivity index (χ1v) is 24.0. The SMILES string of the molecule is C(=C\c1ccc(-c2ccc(/C=C/c3ccc(/C=C/c4ccc(-n5c6ccccc6c6ccccc65)cc4)cc3)cc2)cc1)/c1ccc(/C=C/c2ccc(-n3c4ccccc4c4ccccc43)cc2)cc1. The fourth-order valence-corrected chi connectivity index (χ4v) is 9.65. The average Bonchev–Trinajstić information content (AvgIpc) is 3.95. The Labute approximate surface area is 409 Å². The molecular formula is C68H48N2. The van der Waals surface area contributed by atoms with Crippen LogP contribution >= 0.6 is 0 Å². The molecule has 0 bridgehead atoms. The Balaban J connectivity index is 0.632. The largest absolute Gasteiger partial charge is 0.309 e. The molecule has 0 aliphatic carbocycles. The fraction of sp³-hybridized carbons (Fsp3) is 0. The van der Waals surface area contributed by atoms with Crippen molar-refractivity contribution < 1.29 is 0 Å². The highest BCUT2D eigenvalue weighted by molar-refractivity contribution is 6.10. The highest BCUT2D eigenvalue weighted by Gasteiger charge is 2.12. The van der Waals surface area contributed by atoms with E-state index in [1.807, 2.05) is 0 Å². The molecule has 2 aromatic heterocycles. The molecule has 70 heavy (non-hydrogen) atoms. The van der Waals surface area contributed by atoms with Gasteiger partial charge in [-0.25, -0.2) is 0 Å². The van der Waals surface area contributed by atoms with Gasteiger partial charge in [0.15, 0.2) is 0 Å². The van der Waals surface area contributed by atoms with Crippen LogP contribution in [0.2, 0.25) is 0 Å². The third-order valence-corrected chi connectivity index (χ3v) is 13.4. The molecule has 12 rings (SSSR count). The molecule has 0 saturated heterocycles. The number of rotatable bonds is 11. The van der Waals surface area contributed by atoms with Crippen molar-refractivity contribution in [3.63, 3.8) is 0 Å². The summed E-state index contributed by atoms with van der Waals surface area (Å²) >= 11 is 0. The zero-order valence-corrected chi connectivity index (χ0v) is 38.6. The van der Waals surface area contributed by atoms with Gasteiger partial charge in [0.2, 0.25) is 0 Å². The van der Waals surface area contributed by atoms with Crippen LogP contribution in [-0.2, 0) is 0 Å². The number of fused-ring (bicyclic) bond motifs is 6. The molecule has 12 aromatic rings. The highest BCUT2D eigenvalue weighted by Crippen LogP contribution is 2.34. The lowest BCUT2D eigenvalue weighted by Gasteiger charge is -2.08. The van der Waals surface area contributed by atoms with Crippen LogP contribution in [0.3, 0.4) is 0 Å². The summed E-state index contributed by atoms with van der Waals surface area (Å²) in [7, 11) is 0. The van der Waals surface area contributed by atoms with Crippen LogP contribution in [0.25, 0.3) is 115 Å². The zero-order valence-electron chi connectivity index (χ0n) is 38.6. The van der Waals surface area contributed by atoms with Crippen molar-refractivity contribution >= 4 is 92.2 Å². The number of nitrogens with zero attached hydrogens (tertiary/aromatic N) is 2. The van der Waals surface area contributed by atoms with Crippen molar-refractivity contribution in [1.82, 2.24) is 9.13 Å². The molecule has 0 unspecified atom stereocenters. The summed E-state index contributed by atoms with van der Waals surface area (Å²) < 4.78 is 4.71. The number of hydrogen-bond donors (Lipinski definition) is 0. The highest BCUT2D eigenvalue weighted by atomic mass is 15.0. The number of benzene rings is 10. The maximum Gasteiger partial charge on any atom is 0.0541 e. The maximum absolute atomic E-state index is 2.35. The second kappa shape index (κ2) is 18.8. The Kier molecular flexibility index (Phi) is 11.3. The number of para-hydroxylation sites is 4. The van der Waals surface area contributed by atoms with E-state index < -0.39 is 0 Å². The average molecular weight is 893 g/mol. The van der Waals surface area contributed by atoms with Crippen molar-refractivity contribution in [2.24, 2.45) is 0 Å². The molecule has 0 aliphatic heterocycles. The minimum absolute atomic E-state index is 1.16. The molecule has 0 radical (unpaired) electrons. The van der Waals surface area contributed by atoms with Gasteiger partial charge in [-0.2, -0.15) is 0 Å². The maximum atomic E-state index is 2.35. The van der Waals surface area contributed by atoms with E-state index in [2.05, 4.69) is 300 Å². The van der Waals surface area contributed by atoms with E-state index in [0.717, 1.165) is 11.4 Å². The van der Waals surface area contributed by atoms with Crippen LogP contribution in [0.4, 0.5) is 0 Å². The third-order valence-electron chi connectivity index (χ3n) is 13.4. The molecule has 2 nitrogen and oxygen atoms in total. The molecule has 0 amide bonds. The summed E-state index contributed by atoms with van der Waals surface area (Å²) in [4.78, 5) is 0. The van der Waals surface area contributed by atoms with Gasteiger partial charge in [-0.15, -0.1) is 0 Å². The quantitative estimate of drug-likeness (QED) is 0.115. The summed E-state index contributed by atoms with van der Waals surface area (Å²) in [6.07, 6.45) is 17.4. The normalized spacial score (nSPS) is 12.1. The lowest BCUT2D eigenvalue weighted by atomic mass is 10.0. The van der Waals surface area contributed by atoms with Crippen LogP contribution < -0.4 is 0 Å². The van der Waals surface area contributed by atoms with Crippen molar-refractivity contribution in [3.8, 4) is 22.5 Å². The fourth-order valence-electron chi connectivity index (χ4n) is 9.65. The van der Waals surface area contributed by atoms with E-state index in [1.54, 1.807) is 0 Å². The molecule has 0 aliphatic rings. The van der Waals surface area contributed by atoms with Crippen LogP contribution in [0.1, 0.15) is 44.5 Å². The predicted molar refractivity (Wildman–Crippen MR) is 302 cm³/mol. The summed E-state index contributed by atoms with van der Waals surface area (Å²) in [6, 6.07) is 87.1. The van der Waals surface area contributed by atoms with E-state index in [-0.39, 0.29) is 0 Å². The van der Waals surface area contributed by atoms with Crippen LogP contribution in [0.15, 0.2) is 243 Å². The molecular weight excluding hydrogens is 845 g/mol. The smallest absolute Gasteiger partial charge is 0.0541 e. The van der Waals surface area contributed by atoms with E-state index in [0.29, 0.717) is 0 Å². The molecule has 330 valence electrons. The standard InChI is InChI=1S/C68H48N2/c1-5-13-65-61(9-1)62-10-2-6-14-66(62)69(65)59-45-37-55(38-46-59)31-27-51-21-17-49(18-22-51)25-29-53-33-41-57(42-34-53)58-43-35-54(36-44-58)30-26-50-19-23-52(24-20-50)28-32-56-39-47-60(48-40-56)70-67-15-7-3-11-63(67)64-12-4-8-16-68(64)70/h1-48H/b29-25+,30-26+,31-27+,32-28+. The first-order chi connectivity index (χ1) is 34.7. The summed E-state index contributed by atoms with van der Waals surface area (Å²) in [5.74, 6) is 0. The van der Waals surface area contributed by atoms with Gasteiger partial charge in [-0.05, 0) is 104 Å². The monoisotopic (exact) mass is 892 g/mol. The Morgan fingerprint density at radius 1 is 0.186 bits per heavy atom. The third kappa shape index (κ3) is 8.63. The van der Waals surface area contributed by atoms with Crippen LogP contribution in [0.5, 0.6) is 0 Å². The predicted octanol–water partition coefficient (Wildman–Crippen LogP) is 18.2. The summed E-state index contributed by atoms with van der Waals surface area (Å²) in [5.41, 5.74) is 19.0. The molecule has 0 atom stereocenters. The number of hydrogen-bond acceptors (Lipinski definition) is 0. The van der Waals surface area contributed by atoms with Gasteiger partial charge >= 0.3 is 0 Å². The van der Waals surface area contributed by atoms with Crippen LogP contribution in [0, 0.1) is 0 Å². The molecule has 0 spiro atoms. The molecule has 2 heterocycles. The first kappa shape index (κ1) is 42.1. The van der Waals surface area contributed by atoms with E-state index in [4.69, 9.17) is 0 Å². The second-order valence-corrected chi connectivity index (χ2v) is 17.8. The zero-order chi connectivity index (χ0) is 46.6. The van der Waals surface area contributed by atoms with Crippen molar-refractivity contribution in [3.05, 3.63) is 287 Å². The molecule has 0 fully saturated rings.